The highest BCUT2D eigenvalue weighted by Gasteiger charge is 2.15. The van der Waals surface area contributed by atoms with E-state index < -0.39 is 11.9 Å². The number of nitrogens with zero attached hydrogens (tertiary/aromatic N) is 3. The van der Waals surface area contributed by atoms with Crippen LogP contribution in [0.4, 0.5) is 0 Å². The molecule has 0 radical (unpaired) electrons. The van der Waals surface area contributed by atoms with E-state index in [0.717, 1.165) is 0 Å². The molecule has 0 aliphatic rings. The van der Waals surface area contributed by atoms with Crippen molar-refractivity contribution in [3.8, 4) is 0 Å². The normalized spacial score (nSPS) is 10.9. The Morgan fingerprint density at radius 1 is 0.800 bits per heavy atom. The third-order valence-electron chi connectivity index (χ3n) is 3.28. The zero-order valence-electron chi connectivity index (χ0n) is 14.2. The molecule has 25 heavy (non-hydrogen) atoms. The molecule has 0 atom stereocenters. The zero-order valence-corrected chi connectivity index (χ0v) is 14.2. The Kier molecular flexibility index (Phi) is 12.9. The number of carboxylic acids is 2. The second-order valence-electron chi connectivity index (χ2n) is 5.11. The van der Waals surface area contributed by atoms with E-state index in [0.29, 0.717) is 32.7 Å². The molecule has 0 aliphatic heterocycles. The molecule has 2 N–H and O–H groups in total. The number of aliphatic carboxylic acids is 2. The highest BCUT2D eigenvalue weighted by Crippen LogP contribution is 1.96. The van der Waals surface area contributed by atoms with E-state index in [9.17, 15) is 19.2 Å². The largest absolute Gasteiger partial charge is 0.480 e. The second-order valence-corrected chi connectivity index (χ2v) is 5.11. The van der Waals surface area contributed by atoms with Crippen LogP contribution in [0.3, 0.4) is 0 Å². The average Bonchev–Trinajstić information content (AvgIpc) is 2.56. The molecular weight excluding hydrogens is 338 g/mol. The van der Waals surface area contributed by atoms with Crippen molar-refractivity contribution in [2.75, 3.05) is 59.3 Å². The van der Waals surface area contributed by atoms with Crippen molar-refractivity contribution in [2.24, 2.45) is 0 Å². The van der Waals surface area contributed by atoms with Gasteiger partial charge in [0.05, 0.1) is 13.1 Å². The number of carboxylic acid groups (broad SMARTS) is 2. The van der Waals surface area contributed by atoms with Crippen LogP contribution in [0.5, 0.6) is 0 Å². The third kappa shape index (κ3) is 12.8. The van der Waals surface area contributed by atoms with Crippen LogP contribution in [-0.4, -0.2) is 109 Å². The molecule has 0 aliphatic carbocycles. The van der Waals surface area contributed by atoms with Crippen LogP contribution in [0.15, 0.2) is 0 Å². The molecule has 0 unspecified atom stereocenters. The van der Waals surface area contributed by atoms with Crippen LogP contribution >= 0.6 is 0 Å². The summed E-state index contributed by atoms with van der Waals surface area (Å²) >= 11 is 0. The van der Waals surface area contributed by atoms with Crippen molar-refractivity contribution in [2.45, 2.75) is 6.92 Å². The van der Waals surface area contributed by atoms with Gasteiger partial charge < -0.3 is 19.7 Å². The van der Waals surface area contributed by atoms with Gasteiger partial charge in [-0.1, -0.05) is 6.92 Å². The maximum Gasteiger partial charge on any atom is 0.317 e. The van der Waals surface area contributed by atoms with Gasteiger partial charge in [0.2, 0.25) is 0 Å². The number of hydrogen-bond acceptors (Lipinski definition) is 9. The molecule has 0 spiro atoms. The minimum absolute atomic E-state index is 0.0989. The van der Waals surface area contributed by atoms with Crippen molar-refractivity contribution in [3.05, 3.63) is 0 Å². The molecule has 0 aromatic carbocycles. The Hall–Kier alpha value is -2.24. The van der Waals surface area contributed by atoms with Gasteiger partial charge in [0, 0.05) is 26.2 Å². The van der Waals surface area contributed by atoms with E-state index in [4.69, 9.17) is 10.2 Å². The highest BCUT2D eigenvalue weighted by atomic mass is 16.6. The molecule has 144 valence electrons. The van der Waals surface area contributed by atoms with E-state index in [1.54, 1.807) is 9.80 Å². The lowest BCUT2D eigenvalue weighted by molar-refractivity contribution is -0.142. The summed E-state index contributed by atoms with van der Waals surface area (Å²) in [4.78, 5) is 47.1. The standard InChI is InChI=1S/C14H25N3O8/c1-2-15(7-13(20)21)3-4-16(8-14(22)23)5-6-17(9-24-11-18)10-25-12-19/h11-12H,2-10H2,1H3,(H,20,21)(H,22,23). The van der Waals surface area contributed by atoms with Crippen molar-refractivity contribution in [1.29, 1.82) is 0 Å². The van der Waals surface area contributed by atoms with Gasteiger partial charge in [-0.05, 0) is 6.54 Å². The van der Waals surface area contributed by atoms with Crippen LogP contribution in [0.2, 0.25) is 0 Å². The van der Waals surface area contributed by atoms with E-state index in [-0.39, 0.29) is 39.5 Å². The monoisotopic (exact) mass is 363 g/mol. The van der Waals surface area contributed by atoms with E-state index >= 15 is 0 Å². The molecule has 11 nitrogen and oxygen atoms in total. The third-order valence-corrected chi connectivity index (χ3v) is 3.28. The number of carbonyl (C=O) groups is 4. The Bertz CT molecular complexity index is 409. The van der Waals surface area contributed by atoms with Gasteiger partial charge in [-0.2, -0.15) is 0 Å². The molecule has 11 heteroatoms. The molecular formula is C14H25N3O8. The van der Waals surface area contributed by atoms with E-state index in [1.165, 1.54) is 4.90 Å². The Balaban J connectivity index is 4.55. The van der Waals surface area contributed by atoms with Gasteiger partial charge in [0.25, 0.3) is 12.9 Å². The molecule has 0 saturated carbocycles. The topological polar surface area (TPSA) is 137 Å². The minimum atomic E-state index is -1.01. The number of rotatable bonds is 17. The smallest absolute Gasteiger partial charge is 0.317 e. The van der Waals surface area contributed by atoms with Crippen molar-refractivity contribution in [3.63, 3.8) is 0 Å². The zero-order chi connectivity index (χ0) is 19.1. The molecule has 0 aromatic heterocycles. The summed E-state index contributed by atoms with van der Waals surface area (Å²) in [6.45, 7) is 3.67. The quantitative estimate of drug-likeness (QED) is 0.227. The van der Waals surface area contributed by atoms with Crippen molar-refractivity contribution >= 4 is 24.9 Å². The molecule has 0 aromatic rings. The first-order chi connectivity index (χ1) is 11.9. The summed E-state index contributed by atoms with van der Waals surface area (Å²) in [5.41, 5.74) is 0. The first-order valence-corrected chi connectivity index (χ1v) is 7.64. The summed E-state index contributed by atoms with van der Waals surface area (Å²) in [5.74, 6) is -1.96. The predicted molar refractivity (Wildman–Crippen MR) is 84.6 cm³/mol. The Morgan fingerprint density at radius 3 is 1.60 bits per heavy atom. The summed E-state index contributed by atoms with van der Waals surface area (Å²) in [5, 5.41) is 17.8. The summed E-state index contributed by atoms with van der Waals surface area (Å²) < 4.78 is 9.21. The lowest BCUT2D eigenvalue weighted by Crippen LogP contribution is -2.43. The molecule has 0 amide bonds. The number of carbonyl (C=O) groups excluding carboxylic acids is 2. The lowest BCUT2D eigenvalue weighted by atomic mass is 10.4. The molecule has 0 saturated heterocycles. The fraction of sp³-hybridized carbons (Fsp3) is 0.714. The summed E-state index contributed by atoms with van der Waals surface area (Å²) in [6, 6.07) is 0. The van der Waals surface area contributed by atoms with Crippen LogP contribution in [0.25, 0.3) is 0 Å². The number of hydrogen-bond donors (Lipinski definition) is 2. The maximum atomic E-state index is 11.0. The first kappa shape index (κ1) is 22.8. The van der Waals surface area contributed by atoms with E-state index in [1.807, 2.05) is 6.92 Å². The Labute approximate surface area is 145 Å². The molecule has 0 heterocycles. The molecule has 0 rings (SSSR count). The van der Waals surface area contributed by atoms with Gasteiger partial charge in [-0.25, -0.2) is 4.90 Å². The van der Waals surface area contributed by atoms with Gasteiger partial charge in [0.15, 0.2) is 0 Å². The van der Waals surface area contributed by atoms with Crippen LogP contribution in [0, 0.1) is 0 Å². The summed E-state index contributed by atoms with van der Waals surface area (Å²) in [7, 11) is 0. The van der Waals surface area contributed by atoms with Gasteiger partial charge >= 0.3 is 11.9 Å². The number of likely N-dealkylation sites (N-methyl/N-ethyl adjacent to an activating group) is 1. The van der Waals surface area contributed by atoms with Crippen LogP contribution < -0.4 is 0 Å². The fourth-order valence-electron chi connectivity index (χ4n) is 2.01. The van der Waals surface area contributed by atoms with Crippen LogP contribution in [0.1, 0.15) is 6.92 Å². The predicted octanol–water partition coefficient (Wildman–Crippen LogP) is -1.66. The minimum Gasteiger partial charge on any atom is -0.480 e. The average molecular weight is 363 g/mol. The second kappa shape index (κ2) is 14.1. The van der Waals surface area contributed by atoms with Crippen LogP contribution in [-0.2, 0) is 28.7 Å². The first-order valence-electron chi connectivity index (χ1n) is 7.64. The molecule has 0 fully saturated rings. The van der Waals surface area contributed by atoms with Gasteiger partial charge in [-0.15, -0.1) is 0 Å². The van der Waals surface area contributed by atoms with Crippen molar-refractivity contribution < 1.29 is 38.9 Å². The van der Waals surface area contributed by atoms with Gasteiger partial charge in [0.1, 0.15) is 13.5 Å². The van der Waals surface area contributed by atoms with Crippen molar-refractivity contribution in [1.82, 2.24) is 14.7 Å². The highest BCUT2D eigenvalue weighted by molar-refractivity contribution is 5.69. The van der Waals surface area contributed by atoms with Gasteiger partial charge in [-0.3, -0.25) is 29.0 Å². The lowest BCUT2D eigenvalue weighted by Gasteiger charge is -2.27. The number of ether oxygens (including phenoxy) is 2. The maximum absolute atomic E-state index is 11.0. The Morgan fingerprint density at radius 2 is 1.20 bits per heavy atom. The molecule has 0 bridgehead atoms. The fourth-order valence-corrected chi connectivity index (χ4v) is 2.01. The van der Waals surface area contributed by atoms with E-state index in [2.05, 4.69) is 9.47 Å². The SMILES string of the molecule is CCN(CCN(CCN(COC=O)COC=O)CC(=O)O)CC(=O)O. The summed E-state index contributed by atoms with van der Waals surface area (Å²) in [6.07, 6.45) is 0.